The number of hydrogen-bond acceptors (Lipinski definition) is 2. The first-order valence-electron chi connectivity index (χ1n) is 7.77. The normalized spacial score (nSPS) is 25.0. The van der Waals surface area contributed by atoms with Crippen molar-refractivity contribution < 1.29 is 4.74 Å². The molecule has 1 fully saturated rings. The molecule has 106 valence electrons. The van der Waals surface area contributed by atoms with Crippen LogP contribution in [-0.2, 0) is 0 Å². The highest BCUT2D eigenvalue weighted by Crippen LogP contribution is 2.33. The molecule has 0 bridgehead atoms. The number of rotatable bonds is 5. The second-order valence-corrected chi connectivity index (χ2v) is 5.66. The molecular weight excluding hydrogens is 234 g/mol. The predicted octanol–water partition coefficient (Wildman–Crippen LogP) is 4.44. The quantitative estimate of drug-likeness (QED) is 0.850. The molecule has 0 spiro atoms. The van der Waals surface area contributed by atoms with Crippen LogP contribution in [0.25, 0.3) is 0 Å². The van der Waals surface area contributed by atoms with E-state index in [1.807, 2.05) is 6.07 Å². The van der Waals surface area contributed by atoms with Gasteiger partial charge in [-0.2, -0.15) is 0 Å². The van der Waals surface area contributed by atoms with Gasteiger partial charge in [0, 0.05) is 11.6 Å². The van der Waals surface area contributed by atoms with Gasteiger partial charge in [0.15, 0.2) is 0 Å². The Bertz CT molecular complexity index is 391. The smallest absolute Gasteiger partial charge is 0.124 e. The summed E-state index contributed by atoms with van der Waals surface area (Å²) in [6.45, 7) is 4.40. The maximum atomic E-state index is 6.33. The van der Waals surface area contributed by atoms with Crippen LogP contribution in [0.5, 0.6) is 5.75 Å². The summed E-state index contributed by atoms with van der Waals surface area (Å²) in [5, 5.41) is 0. The molecule has 2 unspecified atom stereocenters. The van der Waals surface area contributed by atoms with Crippen molar-refractivity contribution in [2.24, 2.45) is 11.7 Å². The largest absolute Gasteiger partial charge is 0.490 e. The molecule has 1 aromatic carbocycles. The lowest BCUT2D eigenvalue weighted by atomic mass is 9.84. The van der Waals surface area contributed by atoms with Crippen molar-refractivity contribution in [3.05, 3.63) is 29.8 Å². The third-order valence-electron chi connectivity index (χ3n) is 4.40. The minimum absolute atomic E-state index is 0.0832. The van der Waals surface area contributed by atoms with E-state index >= 15 is 0 Å². The molecule has 0 heterocycles. The van der Waals surface area contributed by atoms with Gasteiger partial charge in [0.1, 0.15) is 11.9 Å². The maximum absolute atomic E-state index is 6.33. The van der Waals surface area contributed by atoms with Gasteiger partial charge < -0.3 is 10.5 Å². The minimum atomic E-state index is 0.0832. The van der Waals surface area contributed by atoms with Gasteiger partial charge in [-0.05, 0) is 44.1 Å². The van der Waals surface area contributed by atoms with E-state index in [1.54, 1.807) is 0 Å². The molecule has 0 saturated heterocycles. The molecule has 19 heavy (non-hydrogen) atoms. The molecule has 3 atom stereocenters. The van der Waals surface area contributed by atoms with Gasteiger partial charge >= 0.3 is 0 Å². The summed E-state index contributed by atoms with van der Waals surface area (Å²) >= 11 is 0. The van der Waals surface area contributed by atoms with E-state index in [2.05, 4.69) is 32.0 Å². The van der Waals surface area contributed by atoms with Crippen molar-refractivity contribution >= 4 is 0 Å². The average Bonchev–Trinajstić information content (AvgIpc) is 2.47. The van der Waals surface area contributed by atoms with Crippen molar-refractivity contribution in [1.82, 2.24) is 0 Å². The van der Waals surface area contributed by atoms with Crippen LogP contribution < -0.4 is 10.5 Å². The van der Waals surface area contributed by atoms with E-state index in [0.717, 1.165) is 17.7 Å². The van der Waals surface area contributed by atoms with Crippen LogP contribution >= 0.6 is 0 Å². The molecule has 2 nitrogen and oxygen atoms in total. The Balaban J connectivity index is 2.13. The van der Waals surface area contributed by atoms with Crippen molar-refractivity contribution in [3.63, 3.8) is 0 Å². The first-order valence-corrected chi connectivity index (χ1v) is 7.77. The molecule has 2 rings (SSSR count). The molecule has 0 amide bonds. The highest BCUT2D eigenvalue weighted by atomic mass is 16.5. The van der Waals surface area contributed by atoms with Crippen LogP contribution in [0, 0.1) is 5.92 Å². The standard InChI is InChI=1S/C17H27NO/c1-3-13-9-5-7-11-16(13)19-17-12-8-6-10-14(17)15(18)4-2/h6,8,10,12-13,15-16H,3-5,7,9,11,18H2,1-2H3/t13?,15-,16?/m1/s1. The number of benzene rings is 1. The van der Waals surface area contributed by atoms with E-state index in [4.69, 9.17) is 10.5 Å². The van der Waals surface area contributed by atoms with Crippen LogP contribution in [0.15, 0.2) is 24.3 Å². The van der Waals surface area contributed by atoms with E-state index in [9.17, 15) is 0 Å². The fraction of sp³-hybridized carbons (Fsp3) is 0.647. The lowest BCUT2D eigenvalue weighted by Crippen LogP contribution is -2.30. The van der Waals surface area contributed by atoms with Crippen LogP contribution in [0.3, 0.4) is 0 Å². The predicted molar refractivity (Wildman–Crippen MR) is 80.3 cm³/mol. The zero-order valence-corrected chi connectivity index (χ0v) is 12.3. The molecule has 0 aromatic heterocycles. The third-order valence-corrected chi connectivity index (χ3v) is 4.40. The van der Waals surface area contributed by atoms with Gasteiger partial charge in [-0.15, -0.1) is 0 Å². The molecule has 0 radical (unpaired) electrons. The van der Waals surface area contributed by atoms with E-state index < -0.39 is 0 Å². The Kier molecular flexibility index (Phi) is 5.26. The number of hydrogen-bond donors (Lipinski definition) is 1. The zero-order chi connectivity index (χ0) is 13.7. The van der Waals surface area contributed by atoms with Gasteiger partial charge in [0.05, 0.1) is 0 Å². The summed E-state index contributed by atoms with van der Waals surface area (Å²) in [5.41, 5.74) is 7.35. The first-order chi connectivity index (χ1) is 9.26. The second kappa shape index (κ2) is 6.95. The Morgan fingerprint density at radius 1 is 1.21 bits per heavy atom. The topological polar surface area (TPSA) is 35.2 Å². The van der Waals surface area contributed by atoms with Gasteiger partial charge in [-0.25, -0.2) is 0 Å². The molecule has 0 aliphatic heterocycles. The van der Waals surface area contributed by atoms with Crippen LogP contribution in [0.2, 0.25) is 0 Å². The van der Waals surface area contributed by atoms with Gasteiger partial charge in [0.2, 0.25) is 0 Å². The van der Waals surface area contributed by atoms with Gasteiger partial charge in [-0.1, -0.05) is 38.5 Å². The zero-order valence-electron chi connectivity index (χ0n) is 12.3. The lowest BCUT2D eigenvalue weighted by Gasteiger charge is -2.32. The van der Waals surface area contributed by atoms with Crippen molar-refractivity contribution in [2.45, 2.75) is 64.5 Å². The van der Waals surface area contributed by atoms with E-state index in [1.165, 1.54) is 32.1 Å². The fourth-order valence-electron chi connectivity index (χ4n) is 3.07. The SMILES string of the molecule is CCC1CCCCC1Oc1ccccc1[C@H](N)CC. The summed E-state index contributed by atoms with van der Waals surface area (Å²) in [4.78, 5) is 0. The maximum Gasteiger partial charge on any atom is 0.124 e. The number of para-hydroxylation sites is 1. The minimum Gasteiger partial charge on any atom is -0.490 e. The van der Waals surface area contributed by atoms with Gasteiger partial charge in [-0.3, -0.25) is 0 Å². The Hall–Kier alpha value is -1.02. The summed E-state index contributed by atoms with van der Waals surface area (Å²) in [5.74, 6) is 1.71. The van der Waals surface area contributed by atoms with Gasteiger partial charge in [0.25, 0.3) is 0 Å². The summed E-state index contributed by atoms with van der Waals surface area (Å²) in [6, 6.07) is 8.36. The van der Waals surface area contributed by atoms with Crippen molar-refractivity contribution in [1.29, 1.82) is 0 Å². The lowest BCUT2D eigenvalue weighted by molar-refractivity contribution is 0.0890. The molecular formula is C17H27NO. The highest BCUT2D eigenvalue weighted by Gasteiger charge is 2.26. The first kappa shape index (κ1) is 14.4. The fourth-order valence-corrected chi connectivity index (χ4v) is 3.07. The molecule has 1 saturated carbocycles. The molecule has 1 aromatic rings. The third kappa shape index (κ3) is 3.50. The summed E-state index contributed by atoms with van der Waals surface area (Å²) in [7, 11) is 0. The number of ether oxygens (including phenoxy) is 1. The average molecular weight is 261 g/mol. The Morgan fingerprint density at radius 2 is 1.95 bits per heavy atom. The number of nitrogens with two attached hydrogens (primary N) is 1. The monoisotopic (exact) mass is 261 g/mol. The molecule has 2 N–H and O–H groups in total. The van der Waals surface area contributed by atoms with Crippen LogP contribution in [-0.4, -0.2) is 6.10 Å². The Labute approximate surface area is 117 Å². The van der Waals surface area contributed by atoms with Crippen molar-refractivity contribution in [2.75, 3.05) is 0 Å². The molecule has 2 heteroatoms. The second-order valence-electron chi connectivity index (χ2n) is 5.66. The summed E-state index contributed by atoms with van der Waals surface area (Å²) < 4.78 is 6.33. The molecule has 1 aliphatic carbocycles. The van der Waals surface area contributed by atoms with Crippen LogP contribution in [0.4, 0.5) is 0 Å². The van der Waals surface area contributed by atoms with Crippen LogP contribution in [0.1, 0.15) is 64.0 Å². The van der Waals surface area contributed by atoms with Crippen molar-refractivity contribution in [3.8, 4) is 5.75 Å². The molecule has 1 aliphatic rings. The van der Waals surface area contributed by atoms with E-state index in [0.29, 0.717) is 12.0 Å². The summed E-state index contributed by atoms with van der Waals surface area (Å²) in [6.07, 6.45) is 7.69. The van der Waals surface area contributed by atoms with E-state index in [-0.39, 0.29) is 6.04 Å². The highest BCUT2D eigenvalue weighted by molar-refractivity contribution is 5.36. The Morgan fingerprint density at radius 3 is 2.68 bits per heavy atom.